The van der Waals surface area contributed by atoms with Gasteiger partial charge in [0.2, 0.25) is 11.7 Å². The van der Waals surface area contributed by atoms with Crippen LogP contribution in [0.1, 0.15) is 72.9 Å². The first kappa shape index (κ1) is 28.6. The van der Waals surface area contributed by atoms with Crippen molar-refractivity contribution in [1.29, 1.82) is 0 Å². The Hall–Kier alpha value is -2.93. The number of rotatable bonds is 6. The fraction of sp³-hybridized carbons (Fsp3) is 0.538. The van der Waals surface area contributed by atoms with E-state index in [1.165, 1.54) is 0 Å². The lowest BCUT2D eigenvalue weighted by Gasteiger charge is -2.37. The van der Waals surface area contributed by atoms with Crippen molar-refractivity contribution in [2.24, 2.45) is 11.3 Å². The molecular formula is C26H25ClF6N4O3. The molecule has 3 aliphatic carbocycles. The summed E-state index contributed by atoms with van der Waals surface area (Å²) in [6.45, 7) is 0. The summed E-state index contributed by atoms with van der Waals surface area (Å²) in [6, 6.07) is 0.755. The minimum atomic E-state index is -4.87. The Morgan fingerprint density at radius 3 is 2.42 bits per heavy atom. The zero-order valence-corrected chi connectivity index (χ0v) is 21.6. The average Bonchev–Trinajstić information content (AvgIpc) is 3.56. The van der Waals surface area contributed by atoms with Gasteiger partial charge in [-0.05, 0) is 68.6 Å². The molecule has 3 saturated carbocycles. The van der Waals surface area contributed by atoms with Gasteiger partial charge >= 0.3 is 6.18 Å². The summed E-state index contributed by atoms with van der Waals surface area (Å²) in [6.07, 6.45) is -4.59. The molecule has 5 rings (SSSR count). The lowest BCUT2D eigenvalue weighted by Crippen LogP contribution is -2.43. The van der Waals surface area contributed by atoms with Crippen LogP contribution in [0, 0.1) is 23.0 Å². The van der Waals surface area contributed by atoms with E-state index in [-0.39, 0.29) is 37.1 Å². The van der Waals surface area contributed by atoms with Crippen molar-refractivity contribution in [2.45, 2.75) is 75.0 Å². The smallest absolute Gasteiger partial charge is 0.391 e. The van der Waals surface area contributed by atoms with E-state index in [9.17, 15) is 32.3 Å². The van der Waals surface area contributed by atoms with Crippen molar-refractivity contribution in [3.8, 4) is 0 Å². The van der Waals surface area contributed by atoms with Crippen LogP contribution in [0.5, 0.6) is 0 Å². The molecule has 40 heavy (non-hydrogen) atoms. The number of hydrogen-bond acceptors (Lipinski definition) is 5. The van der Waals surface area contributed by atoms with Gasteiger partial charge in [-0.15, -0.1) is 0 Å². The van der Waals surface area contributed by atoms with Gasteiger partial charge in [0, 0.05) is 17.7 Å². The number of carbonyl (C=O) groups excluding carboxylic acids is 2. The number of aromatic nitrogens is 2. The molecule has 0 radical (unpaired) electrons. The number of alkyl halides is 4. The zero-order valence-electron chi connectivity index (χ0n) is 20.9. The number of fused-ring (bicyclic) bond motifs is 2. The fourth-order valence-electron chi connectivity index (χ4n) is 6.42. The molecule has 2 aromatic rings. The summed E-state index contributed by atoms with van der Waals surface area (Å²) in [5.41, 5.74) is -3.46. The van der Waals surface area contributed by atoms with Crippen molar-refractivity contribution in [3.05, 3.63) is 58.1 Å². The number of halogens is 7. The average molecular weight is 591 g/mol. The molecule has 3 N–H and O–H groups in total. The number of aliphatic hydroxyl groups is 1. The molecule has 4 atom stereocenters. The molecule has 1 heterocycles. The highest BCUT2D eigenvalue weighted by Gasteiger charge is 2.59. The SMILES string of the molecule is O=C(N[C@H]1C[C@@H](C(=O)N[C@H](c2c(F)ccc(Cl)c2F)C23CCC(F)(CC2)C3)C[C@H]1O)c1ccnc(C(F)(F)F)n1. The first-order valence-electron chi connectivity index (χ1n) is 12.7. The predicted octanol–water partition coefficient (Wildman–Crippen LogP) is 4.83. The largest absolute Gasteiger partial charge is 0.451 e. The first-order chi connectivity index (χ1) is 18.7. The maximum absolute atomic E-state index is 15.2. The van der Waals surface area contributed by atoms with Crippen molar-refractivity contribution >= 4 is 23.4 Å². The summed E-state index contributed by atoms with van der Waals surface area (Å²) in [4.78, 5) is 32.2. The number of benzene rings is 1. The lowest BCUT2D eigenvalue weighted by molar-refractivity contribution is -0.145. The number of carbonyl (C=O) groups is 2. The normalized spacial score (nSPS) is 30.4. The van der Waals surface area contributed by atoms with E-state index < -0.39 is 81.9 Å². The molecular weight excluding hydrogens is 566 g/mol. The van der Waals surface area contributed by atoms with Crippen molar-refractivity contribution in [2.75, 3.05) is 0 Å². The van der Waals surface area contributed by atoms with Gasteiger partial charge in [0.15, 0.2) is 0 Å². The van der Waals surface area contributed by atoms with E-state index >= 15 is 8.78 Å². The Kier molecular flexibility index (Phi) is 7.26. The molecule has 2 bridgehead atoms. The van der Waals surface area contributed by atoms with Crippen LogP contribution in [0.2, 0.25) is 5.02 Å². The molecule has 0 unspecified atom stereocenters. The number of nitrogens with one attached hydrogen (secondary N) is 2. The molecule has 3 fully saturated rings. The Morgan fingerprint density at radius 1 is 1.10 bits per heavy atom. The van der Waals surface area contributed by atoms with Crippen LogP contribution in [-0.4, -0.2) is 44.7 Å². The molecule has 14 heteroatoms. The van der Waals surface area contributed by atoms with Crippen molar-refractivity contribution < 1.29 is 41.0 Å². The molecule has 3 aliphatic rings. The summed E-state index contributed by atoms with van der Waals surface area (Å²) in [5.74, 6) is -6.09. The van der Waals surface area contributed by atoms with Gasteiger partial charge in [0.05, 0.1) is 23.2 Å². The third-order valence-corrected chi connectivity index (χ3v) is 8.73. The molecule has 0 spiro atoms. The Bertz CT molecular complexity index is 1330. The van der Waals surface area contributed by atoms with Gasteiger partial charge in [0.1, 0.15) is 23.0 Å². The number of amides is 2. The van der Waals surface area contributed by atoms with Gasteiger partial charge in [0.25, 0.3) is 5.91 Å². The number of aliphatic hydroxyl groups excluding tert-OH is 1. The van der Waals surface area contributed by atoms with E-state index in [4.69, 9.17) is 11.6 Å². The number of hydrogen-bond donors (Lipinski definition) is 3. The molecule has 1 aromatic heterocycles. The number of nitrogens with zero attached hydrogens (tertiary/aromatic N) is 2. The van der Waals surface area contributed by atoms with E-state index in [0.717, 1.165) is 24.4 Å². The van der Waals surface area contributed by atoms with Gasteiger partial charge < -0.3 is 15.7 Å². The van der Waals surface area contributed by atoms with E-state index in [1.54, 1.807) is 0 Å². The highest BCUT2D eigenvalue weighted by Crippen LogP contribution is 2.63. The first-order valence-corrected chi connectivity index (χ1v) is 13.1. The third kappa shape index (κ3) is 5.25. The van der Waals surface area contributed by atoms with Gasteiger partial charge in [-0.25, -0.2) is 23.1 Å². The van der Waals surface area contributed by atoms with Crippen LogP contribution in [0.15, 0.2) is 24.4 Å². The van der Waals surface area contributed by atoms with Gasteiger partial charge in [-0.1, -0.05) is 11.6 Å². The second-order valence-electron chi connectivity index (χ2n) is 11.0. The molecule has 216 valence electrons. The monoisotopic (exact) mass is 590 g/mol. The second-order valence-corrected chi connectivity index (χ2v) is 11.4. The predicted molar refractivity (Wildman–Crippen MR) is 129 cm³/mol. The standard InChI is InChI=1S/C26H25ClF6N4O3/c27-13-1-2-14(28)18(19(13)29)20(24-4-6-25(30,11-24)7-5-24)37-21(39)12-9-16(17(38)10-12)35-22(40)15-3-8-34-23(36-15)26(31,32)33/h1-3,8,12,16-17,20,38H,4-7,9-11H2,(H,35,40)(H,37,39)/t12-,16+,17-,20-,24?,25?/m1/s1. The van der Waals surface area contributed by atoms with Crippen molar-refractivity contribution in [3.63, 3.8) is 0 Å². The Morgan fingerprint density at radius 2 is 1.80 bits per heavy atom. The minimum Gasteiger partial charge on any atom is -0.391 e. The van der Waals surface area contributed by atoms with Crippen LogP contribution in [0.4, 0.5) is 26.3 Å². The van der Waals surface area contributed by atoms with E-state index in [2.05, 4.69) is 20.6 Å². The highest BCUT2D eigenvalue weighted by molar-refractivity contribution is 6.30. The van der Waals surface area contributed by atoms with Gasteiger partial charge in [-0.3, -0.25) is 9.59 Å². The molecule has 1 aromatic carbocycles. The summed E-state index contributed by atoms with van der Waals surface area (Å²) < 4.78 is 84.0. The van der Waals surface area contributed by atoms with Crippen LogP contribution in [-0.2, 0) is 11.0 Å². The lowest BCUT2D eigenvalue weighted by atomic mass is 9.74. The quantitative estimate of drug-likeness (QED) is 0.330. The fourth-order valence-corrected chi connectivity index (χ4v) is 6.58. The Labute approximate surface area is 229 Å². The van der Waals surface area contributed by atoms with Crippen molar-refractivity contribution in [1.82, 2.24) is 20.6 Å². The third-order valence-electron chi connectivity index (χ3n) is 8.44. The Balaban J connectivity index is 1.33. The van der Waals surface area contributed by atoms with E-state index in [0.29, 0.717) is 12.8 Å². The summed E-state index contributed by atoms with van der Waals surface area (Å²) >= 11 is 5.93. The second kappa shape index (κ2) is 10.2. The summed E-state index contributed by atoms with van der Waals surface area (Å²) in [7, 11) is 0. The topological polar surface area (TPSA) is 104 Å². The summed E-state index contributed by atoms with van der Waals surface area (Å²) in [5, 5.41) is 15.3. The van der Waals surface area contributed by atoms with Crippen LogP contribution >= 0.6 is 11.6 Å². The van der Waals surface area contributed by atoms with Crippen LogP contribution < -0.4 is 10.6 Å². The van der Waals surface area contributed by atoms with Crippen LogP contribution in [0.3, 0.4) is 0 Å². The molecule has 0 aliphatic heterocycles. The zero-order chi connectivity index (χ0) is 29.0. The maximum Gasteiger partial charge on any atom is 0.451 e. The molecule has 7 nitrogen and oxygen atoms in total. The maximum atomic E-state index is 15.2. The minimum absolute atomic E-state index is 0.0150. The van der Waals surface area contributed by atoms with Gasteiger partial charge in [-0.2, -0.15) is 13.2 Å². The van der Waals surface area contributed by atoms with Crippen LogP contribution in [0.25, 0.3) is 0 Å². The highest BCUT2D eigenvalue weighted by atomic mass is 35.5. The molecule has 0 saturated heterocycles. The molecule has 2 amide bonds. The van der Waals surface area contributed by atoms with E-state index in [1.807, 2.05) is 0 Å².